The predicted molar refractivity (Wildman–Crippen MR) is 119 cm³/mol. The average molecular weight is 435 g/mol. The van der Waals surface area contributed by atoms with Crippen LogP contribution in [-0.2, 0) is 0 Å². The summed E-state index contributed by atoms with van der Waals surface area (Å²) in [5, 5.41) is 10.5. The van der Waals surface area contributed by atoms with Gasteiger partial charge >= 0.3 is 0 Å². The van der Waals surface area contributed by atoms with E-state index in [2.05, 4.69) is 15.7 Å². The van der Waals surface area contributed by atoms with Crippen LogP contribution in [0.5, 0.6) is 0 Å². The van der Waals surface area contributed by atoms with Gasteiger partial charge in [0.1, 0.15) is 5.69 Å². The molecule has 2 heterocycles. The third kappa shape index (κ3) is 4.22. The lowest BCUT2D eigenvalue weighted by atomic mass is 10.1. The molecule has 4 aromatic rings. The fourth-order valence-corrected chi connectivity index (χ4v) is 3.36. The smallest absolute Gasteiger partial charge is 0.276 e. The van der Waals surface area contributed by atoms with E-state index in [9.17, 15) is 9.59 Å². The van der Waals surface area contributed by atoms with Crippen LogP contribution in [0.2, 0.25) is 5.02 Å². The molecule has 7 nitrogen and oxygen atoms in total. The Kier molecular flexibility index (Phi) is 5.60. The molecular weight excluding hydrogens is 416 g/mol. The van der Waals surface area contributed by atoms with Gasteiger partial charge < -0.3 is 15.1 Å². The van der Waals surface area contributed by atoms with Crippen molar-refractivity contribution in [2.75, 3.05) is 12.4 Å². The van der Waals surface area contributed by atoms with Crippen molar-refractivity contribution >= 4 is 29.1 Å². The lowest BCUT2D eigenvalue weighted by Crippen LogP contribution is -2.18. The maximum atomic E-state index is 13.0. The second kappa shape index (κ2) is 8.49. The Hall–Kier alpha value is -3.84. The molecule has 0 saturated heterocycles. The predicted octanol–water partition coefficient (Wildman–Crippen LogP) is 4.71. The number of hydrogen-bond acceptors (Lipinski definition) is 4. The fraction of sp³-hybridized carbons (Fsp3) is 0.0870. The van der Waals surface area contributed by atoms with Gasteiger partial charge in [-0.05, 0) is 61.0 Å². The van der Waals surface area contributed by atoms with Crippen molar-refractivity contribution in [3.63, 3.8) is 0 Å². The van der Waals surface area contributed by atoms with Crippen molar-refractivity contribution in [3.05, 3.63) is 88.8 Å². The van der Waals surface area contributed by atoms with E-state index < -0.39 is 0 Å². The van der Waals surface area contributed by atoms with Crippen molar-refractivity contribution in [1.82, 2.24) is 15.1 Å². The number of rotatable bonds is 5. The van der Waals surface area contributed by atoms with Gasteiger partial charge in [-0.1, -0.05) is 17.7 Å². The molecule has 0 spiro atoms. The summed E-state index contributed by atoms with van der Waals surface area (Å²) >= 11 is 6.14. The maximum absolute atomic E-state index is 13.0. The number of carbonyl (C=O) groups excluding carboxylic acids is 2. The summed E-state index contributed by atoms with van der Waals surface area (Å²) in [5.74, 6) is -0.00801. The number of nitrogens with one attached hydrogen (secondary N) is 2. The highest BCUT2D eigenvalue weighted by Gasteiger charge is 2.19. The summed E-state index contributed by atoms with van der Waals surface area (Å²) in [6.45, 7) is 1.82. The lowest BCUT2D eigenvalue weighted by molar-refractivity contribution is 0.0962. The Morgan fingerprint density at radius 2 is 1.87 bits per heavy atom. The molecule has 0 aliphatic carbocycles. The Morgan fingerprint density at radius 1 is 1.03 bits per heavy atom. The Balaban J connectivity index is 1.68. The van der Waals surface area contributed by atoms with Gasteiger partial charge in [0.25, 0.3) is 11.8 Å². The molecule has 0 radical (unpaired) electrons. The van der Waals surface area contributed by atoms with Gasteiger partial charge in [0, 0.05) is 29.4 Å². The third-order valence-corrected chi connectivity index (χ3v) is 4.97. The molecule has 31 heavy (non-hydrogen) atoms. The molecule has 0 aliphatic heterocycles. The van der Waals surface area contributed by atoms with Crippen LogP contribution in [0.25, 0.3) is 17.1 Å². The van der Waals surface area contributed by atoms with E-state index in [0.717, 1.165) is 5.56 Å². The molecule has 156 valence electrons. The number of carbonyl (C=O) groups is 2. The summed E-state index contributed by atoms with van der Waals surface area (Å²) in [6.07, 6.45) is 1.56. The minimum Gasteiger partial charge on any atom is -0.463 e. The van der Waals surface area contributed by atoms with Crippen LogP contribution in [0, 0.1) is 6.92 Å². The molecule has 2 aromatic carbocycles. The number of benzene rings is 2. The zero-order valence-corrected chi connectivity index (χ0v) is 17.6. The first kappa shape index (κ1) is 20.4. The standard InChI is InChI=1S/C23H19ClN4O3/c1-14-11-15(22(29)25-2)8-9-18(14)26-23(30)19-13-20(21-7-4-10-31-21)28(27-19)17-6-3-5-16(24)12-17/h3-13H,1-2H3,(H,25,29)(H,26,30). The van der Waals surface area contributed by atoms with E-state index in [-0.39, 0.29) is 17.5 Å². The number of anilines is 1. The van der Waals surface area contributed by atoms with E-state index in [0.29, 0.717) is 33.4 Å². The number of furan rings is 1. The monoisotopic (exact) mass is 434 g/mol. The van der Waals surface area contributed by atoms with Crippen molar-refractivity contribution in [1.29, 1.82) is 0 Å². The average Bonchev–Trinajstić information content (AvgIpc) is 3.44. The van der Waals surface area contributed by atoms with Crippen LogP contribution in [0.1, 0.15) is 26.4 Å². The molecule has 4 rings (SSSR count). The van der Waals surface area contributed by atoms with Crippen LogP contribution in [0.15, 0.2) is 71.3 Å². The fourth-order valence-electron chi connectivity index (χ4n) is 3.17. The van der Waals surface area contributed by atoms with Crippen molar-refractivity contribution in [2.24, 2.45) is 0 Å². The van der Waals surface area contributed by atoms with Crippen LogP contribution in [0.3, 0.4) is 0 Å². The highest BCUT2D eigenvalue weighted by Crippen LogP contribution is 2.26. The second-order valence-corrected chi connectivity index (χ2v) is 7.28. The van der Waals surface area contributed by atoms with Crippen LogP contribution in [0.4, 0.5) is 5.69 Å². The van der Waals surface area contributed by atoms with Gasteiger partial charge in [0.05, 0.1) is 12.0 Å². The van der Waals surface area contributed by atoms with E-state index in [1.165, 1.54) is 0 Å². The first-order valence-corrected chi connectivity index (χ1v) is 9.88. The molecule has 8 heteroatoms. The molecule has 2 aromatic heterocycles. The topological polar surface area (TPSA) is 89.2 Å². The summed E-state index contributed by atoms with van der Waals surface area (Å²) in [4.78, 5) is 24.8. The molecule has 0 bridgehead atoms. The van der Waals surface area contributed by atoms with E-state index in [1.54, 1.807) is 66.5 Å². The molecule has 0 saturated carbocycles. The summed E-state index contributed by atoms with van der Waals surface area (Å²) in [6, 6.07) is 17.4. The van der Waals surface area contributed by atoms with Crippen molar-refractivity contribution in [2.45, 2.75) is 6.92 Å². The zero-order chi connectivity index (χ0) is 22.0. The SMILES string of the molecule is CNC(=O)c1ccc(NC(=O)c2cc(-c3ccco3)n(-c3cccc(Cl)c3)n2)c(C)c1. The molecule has 2 N–H and O–H groups in total. The molecule has 2 amide bonds. The number of aromatic nitrogens is 2. The highest BCUT2D eigenvalue weighted by atomic mass is 35.5. The molecule has 0 fully saturated rings. The Morgan fingerprint density at radius 3 is 2.55 bits per heavy atom. The summed E-state index contributed by atoms with van der Waals surface area (Å²) < 4.78 is 7.14. The normalized spacial score (nSPS) is 10.7. The van der Waals surface area contributed by atoms with E-state index in [1.807, 2.05) is 19.1 Å². The summed E-state index contributed by atoms with van der Waals surface area (Å²) in [7, 11) is 1.57. The third-order valence-electron chi connectivity index (χ3n) is 4.73. The number of aryl methyl sites for hydroxylation is 1. The Bertz CT molecular complexity index is 1260. The van der Waals surface area contributed by atoms with Crippen molar-refractivity contribution in [3.8, 4) is 17.1 Å². The second-order valence-electron chi connectivity index (χ2n) is 6.85. The molecule has 0 unspecified atom stereocenters. The van der Waals surface area contributed by atoms with Gasteiger partial charge in [-0.3, -0.25) is 9.59 Å². The van der Waals surface area contributed by atoms with E-state index >= 15 is 0 Å². The summed E-state index contributed by atoms with van der Waals surface area (Å²) in [5.41, 5.74) is 3.39. The first-order valence-electron chi connectivity index (χ1n) is 9.50. The van der Waals surface area contributed by atoms with E-state index in [4.69, 9.17) is 16.0 Å². The quantitative estimate of drug-likeness (QED) is 0.476. The highest BCUT2D eigenvalue weighted by molar-refractivity contribution is 6.30. The van der Waals surface area contributed by atoms with Gasteiger partial charge in [-0.2, -0.15) is 5.10 Å². The molecular formula is C23H19ClN4O3. The number of amides is 2. The van der Waals surface area contributed by atoms with Gasteiger partial charge in [0.2, 0.25) is 0 Å². The number of halogens is 1. The first-order chi connectivity index (χ1) is 15.0. The minimum atomic E-state index is -0.385. The minimum absolute atomic E-state index is 0.190. The molecule has 0 atom stereocenters. The largest absolute Gasteiger partial charge is 0.463 e. The van der Waals surface area contributed by atoms with Gasteiger partial charge in [-0.15, -0.1) is 0 Å². The van der Waals surface area contributed by atoms with Gasteiger partial charge in [0.15, 0.2) is 11.5 Å². The molecule has 0 aliphatic rings. The zero-order valence-electron chi connectivity index (χ0n) is 16.8. The number of nitrogens with zero attached hydrogens (tertiary/aromatic N) is 2. The van der Waals surface area contributed by atoms with Gasteiger partial charge in [-0.25, -0.2) is 4.68 Å². The van der Waals surface area contributed by atoms with Crippen LogP contribution in [-0.4, -0.2) is 28.6 Å². The Labute approximate surface area is 183 Å². The maximum Gasteiger partial charge on any atom is 0.276 e. The lowest BCUT2D eigenvalue weighted by Gasteiger charge is -2.09. The van der Waals surface area contributed by atoms with Crippen LogP contribution >= 0.6 is 11.6 Å². The van der Waals surface area contributed by atoms with Crippen molar-refractivity contribution < 1.29 is 14.0 Å². The number of hydrogen-bond donors (Lipinski definition) is 2. The van der Waals surface area contributed by atoms with Crippen LogP contribution < -0.4 is 10.6 Å².